The fraction of sp³-hybridized carbons (Fsp3) is 0.133. The number of amides is 1. The number of hydrogen-bond acceptors (Lipinski definition) is 3. The predicted octanol–water partition coefficient (Wildman–Crippen LogP) is 5.67. The highest BCUT2D eigenvalue weighted by Crippen LogP contribution is 2.43. The molecule has 4 aromatic rings. The number of benzene rings is 4. The highest BCUT2D eigenvalue weighted by molar-refractivity contribution is 6.10. The Balaban J connectivity index is 1.41. The minimum absolute atomic E-state index is 0.276. The Bertz CT molecular complexity index is 1340. The van der Waals surface area contributed by atoms with E-state index in [9.17, 15) is 14.7 Å². The van der Waals surface area contributed by atoms with Crippen molar-refractivity contribution < 1.29 is 14.7 Å². The molecule has 4 heteroatoms. The third-order valence-corrected chi connectivity index (χ3v) is 6.43. The summed E-state index contributed by atoms with van der Waals surface area (Å²) in [5.41, 5.74) is 3.85. The molecule has 168 valence electrons. The van der Waals surface area contributed by atoms with Crippen LogP contribution in [0.4, 0.5) is 5.69 Å². The lowest BCUT2D eigenvalue weighted by molar-refractivity contribution is -0.136. The number of carbonyl (C=O) groups is 2. The van der Waals surface area contributed by atoms with E-state index in [0.29, 0.717) is 23.4 Å². The van der Waals surface area contributed by atoms with Crippen LogP contribution in [0.3, 0.4) is 0 Å². The first-order chi connectivity index (χ1) is 16.5. The molecule has 5 rings (SSSR count). The number of aryl methyl sites for hydroxylation is 1. The summed E-state index contributed by atoms with van der Waals surface area (Å²) in [4.78, 5) is 28.2. The van der Waals surface area contributed by atoms with E-state index in [1.807, 2.05) is 85.8 Å². The molecule has 0 spiro atoms. The van der Waals surface area contributed by atoms with E-state index in [4.69, 9.17) is 0 Å². The van der Waals surface area contributed by atoms with Crippen molar-refractivity contribution >= 4 is 17.4 Å². The van der Waals surface area contributed by atoms with Crippen molar-refractivity contribution in [2.45, 2.75) is 25.5 Å². The number of rotatable bonds is 6. The summed E-state index contributed by atoms with van der Waals surface area (Å²) in [7, 11) is 0. The van der Waals surface area contributed by atoms with Gasteiger partial charge in [-0.25, -0.2) is 0 Å². The number of nitrogens with zero attached hydrogens (tertiary/aromatic N) is 1. The van der Waals surface area contributed by atoms with Crippen molar-refractivity contribution in [1.29, 1.82) is 0 Å². The summed E-state index contributed by atoms with van der Waals surface area (Å²) in [6, 6.07) is 32.3. The molecular weight excluding hydrogens is 422 g/mol. The van der Waals surface area contributed by atoms with Gasteiger partial charge in [-0.2, -0.15) is 0 Å². The van der Waals surface area contributed by atoms with Crippen LogP contribution < -0.4 is 4.90 Å². The average Bonchev–Trinajstić information content (AvgIpc) is 3.08. The highest BCUT2D eigenvalue weighted by atomic mass is 16.3. The number of anilines is 1. The van der Waals surface area contributed by atoms with Gasteiger partial charge < -0.3 is 10.0 Å². The van der Waals surface area contributed by atoms with Crippen molar-refractivity contribution in [1.82, 2.24) is 0 Å². The Hall–Kier alpha value is -4.02. The maximum atomic E-state index is 13.5. The fourth-order valence-electron chi connectivity index (χ4n) is 4.52. The van der Waals surface area contributed by atoms with Gasteiger partial charge in [0.05, 0.1) is 18.7 Å². The summed E-state index contributed by atoms with van der Waals surface area (Å²) < 4.78 is 0. The Morgan fingerprint density at radius 1 is 0.794 bits per heavy atom. The molecule has 0 fully saturated rings. The molecule has 0 radical (unpaired) electrons. The maximum absolute atomic E-state index is 13.5. The SMILES string of the molecule is Cc1ccc(CN2C(=O)[C@@](O)(CC(=O)c3ccc(-c4ccccc4)cc3)c3ccccc32)cc1. The van der Waals surface area contributed by atoms with E-state index in [-0.39, 0.29) is 12.2 Å². The first-order valence-electron chi connectivity index (χ1n) is 11.3. The molecule has 0 saturated heterocycles. The van der Waals surface area contributed by atoms with Gasteiger partial charge in [0.15, 0.2) is 11.4 Å². The molecule has 4 nitrogen and oxygen atoms in total. The van der Waals surface area contributed by atoms with Crippen molar-refractivity contribution in [2.75, 3.05) is 4.90 Å². The van der Waals surface area contributed by atoms with Crippen LogP contribution in [0.1, 0.15) is 33.5 Å². The zero-order chi connectivity index (χ0) is 23.7. The lowest BCUT2D eigenvalue weighted by atomic mass is 9.88. The molecule has 0 bridgehead atoms. The summed E-state index contributed by atoms with van der Waals surface area (Å²) >= 11 is 0. The van der Waals surface area contributed by atoms with E-state index < -0.39 is 11.5 Å². The number of ketones is 1. The van der Waals surface area contributed by atoms with Gasteiger partial charge in [-0.1, -0.05) is 103 Å². The Morgan fingerprint density at radius 3 is 2.12 bits per heavy atom. The second-order valence-corrected chi connectivity index (χ2v) is 8.80. The van der Waals surface area contributed by atoms with Crippen molar-refractivity contribution in [2.24, 2.45) is 0 Å². The monoisotopic (exact) mass is 447 g/mol. The van der Waals surface area contributed by atoms with Crippen molar-refractivity contribution in [3.8, 4) is 11.1 Å². The zero-order valence-electron chi connectivity index (χ0n) is 18.9. The summed E-state index contributed by atoms with van der Waals surface area (Å²) in [6.45, 7) is 2.34. The van der Waals surface area contributed by atoms with Crippen LogP contribution in [-0.2, 0) is 16.9 Å². The van der Waals surface area contributed by atoms with E-state index in [2.05, 4.69) is 0 Å². The normalized spacial score (nSPS) is 17.0. The van der Waals surface area contributed by atoms with Crippen molar-refractivity contribution in [3.05, 3.63) is 125 Å². The molecule has 1 heterocycles. The van der Waals surface area contributed by atoms with Gasteiger partial charge in [0.1, 0.15) is 0 Å². The standard InChI is InChI=1S/C30H25NO3/c1-21-11-13-22(14-12-21)20-31-27-10-6-5-9-26(27)30(34,29(31)33)19-28(32)25-17-15-24(16-18-25)23-7-3-2-4-8-23/h2-18,34H,19-20H2,1H3/t30-/m1/s1. The molecule has 0 aromatic heterocycles. The van der Waals surface area contributed by atoms with Gasteiger partial charge in [-0.3, -0.25) is 9.59 Å². The minimum atomic E-state index is -1.89. The number of carbonyl (C=O) groups excluding carboxylic acids is 2. The van der Waals surface area contributed by atoms with Crippen LogP contribution in [0.15, 0.2) is 103 Å². The molecule has 34 heavy (non-hydrogen) atoms. The second-order valence-electron chi connectivity index (χ2n) is 8.80. The first-order valence-corrected chi connectivity index (χ1v) is 11.3. The summed E-state index contributed by atoms with van der Waals surface area (Å²) in [5, 5.41) is 11.6. The fourth-order valence-corrected chi connectivity index (χ4v) is 4.52. The topological polar surface area (TPSA) is 57.6 Å². The third-order valence-electron chi connectivity index (χ3n) is 6.43. The van der Waals surface area contributed by atoms with Crippen LogP contribution in [0.5, 0.6) is 0 Å². The Kier molecular flexibility index (Phi) is 5.60. The van der Waals surface area contributed by atoms with Crippen LogP contribution in [0, 0.1) is 6.92 Å². The molecule has 0 aliphatic carbocycles. The zero-order valence-corrected chi connectivity index (χ0v) is 18.9. The number of Topliss-reactive ketones (excluding diaryl/α,β-unsaturated/α-hetero) is 1. The van der Waals surface area contributed by atoms with Gasteiger partial charge in [0.25, 0.3) is 5.91 Å². The number of para-hydroxylation sites is 1. The second kappa shape index (κ2) is 8.73. The van der Waals surface area contributed by atoms with E-state index in [1.165, 1.54) is 0 Å². The molecule has 4 aromatic carbocycles. The smallest absolute Gasteiger partial charge is 0.264 e. The number of aliphatic hydroxyl groups is 1. The Morgan fingerprint density at radius 2 is 1.41 bits per heavy atom. The molecule has 0 saturated carbocycles. The highest BCUT2D eigenvalue weighted by Gasteiger charge is 2.50. The largest absolute Gasteiger partial charge is 0.375 e. The van der Waals surface area contributed by atoms with E-state index in [0.717, 1.165) is 22.3 Å². The van der Waals surface area contributed by atoms with Crippen LogP contribution in [-0.4, -0.2) is 16.8 Å². The molecule has 1 N–H and O–H groups in total. The van der Waals surface area contributed by atoms with Gasteiger partial charge in [-0.15, -0.1) is 0 Å². The van der Waals surface area contributed by atoms with Crippen LogP contribution >= 0.6 is 0 Å². The molecule has 1 atom stereocenters. The predicted molar refractivity (Wildman–Crippen MR) is 134 cm³/mol. The first kappa shape index (κ1) is 21.8. The summed E-state index contributed by atoms with van der Waals surface area (Å²) in [5.74, 6) is -0.744. The molecule has 1 aliphatic heterocycles. The van der Waals surface area contributed by atoms with Gasteiger partial charge >= 0.3 is 0 Å². The van der Waals surface area contributed by atoms with Gasteiger partial charge in [0, 0.05) is 11.1 Å². The lowest BCUT2D eigenvalue weighted by Gasteiger charge is -2.23. The average molecular weight is 448 g/mol. The van der Waals surface area contributed by atoms with Gasteiger partial charge in [0.2, 0.25) is 0 Å². The van der Waals surface area contributed by atoms with Gasteiger partial charge in [-0.05, 0) is 29.7 Å². The van der Waals surface area contributed by atoms with Crippen LogP contribution in [0.2, 0.25) is 0 Å². The molecule has 0 unspecified atom stereocenters. The molecular formula is C30H25NO3. The lowest BCUT2D eigenvalue weighted by Crippen LogP contribution is -2.41. The number of fused-ring (bicyclic) bond motifs is 1. The maximum Gasteiger partial charge on any atom is 0.264 e. The molecule has 1 aliphatic rings. The van der Waals surface area contributed by atoms with E-state index in [1.54, 1.807) is 29.2 Å². The quantitative estimate of drug-likeness (QED) is 0.388. The third kappa shape index (κ3) is 3.93. The van der Waals surface area contributed by atoms with Crippen molar-refractivity contribution in [3.63, 3.8) is 0 Å². The number of hydrogen-bond donors (Lipinski definition) is 1. The Labute approximate surface area is 199 Å². The molecule has 1 amide bonds. The van der Waals surface area contributed by atoms with E-state index >= 15 is 0 Å². The van der Waals surface area contributed by atoms with Crippen LogP contribution in [0.25, 0.3) is 11.1 Å². The minimum Gasteiger partial charge on any atom is -0.375 e. The summed E-state index contributed by atoms with van der Waals surface area (Å²) in [6.07, 6.45) is -0.308.